The normalized spacial score (nSPS) is 16.4. The van der Waals surface area contributed by atoms with Gasteiger partial charge >= 0.3 is 0 Å². The SMILES string of the molecule is CC(C)(C)c1ccc(CCC(=O)N2CCC(C#N)CC2)cc1. The third kappa shape index (κ3) is 4.34. The molecule has 1 heterocycles. The molecule has 0 radical (unpaired) electrons. The zero-order valence-corrected chi connectivity index (χ0v) is 13.9. The first-order chi connectivity index (χ1) is 10.4. The van der Waals surface area contributed by atoms with Crippen molar-refractivity contribution in [2.45, 2.75) is 51.9 Å². The molecular formula is C19H26N2O. The van der Waals surface area contributed by atoms with Gasteiger partial charge in [0.2, 0.25) is 5.91 Å². The van der Waals surface area contributed by atoms with Crippen molar-refractivity contribution in [3.63, 3.8) is 0 Å². The molecule has 0 aromatic heterocycles. The highest BCUT2D eigenvalue weighted by atomic mass is 16.2. The Balaban J connectivity index is 1.83. The second-order valence-corrected chi connectivity index (χ2v) is 7.23. The molecule has 1 amide bonds. The number of rotatable bonds is 3. The number of benzene rings is 1. The standard InChI is InChI=1S/C19H26N2O/c1-19(2,3)17-7-4-15(5-8-17)6-9-18(22)21-12-10-16(14-20)11-13-21/h4-5,7-8,16H,6,9-13H2,1-3H3. The highest BCUT2D eigenvalue weighted by molar-refractivity contribution is 5.76. The van der Waals surface area contributed by atoms with Crippen LogP contribution in [0.4, 0.5) is 0 Å². The second-order valence-electron chi connectivity index (χ2n) is 7.23. The molecular weight excluding hydrogens is 272 g/mol. The molecule has 22 heavy (non-hydrogen) atoms. The van der Waals surface area contributed by atoms with Gasteiger partial charge in [0, 0.05) is 25.4 Å². The average molecular weight is 298 g/mol. The van der Waals surface area contributed by atoms with Crippen LogP contribution in [-0.4, -0.2) is 23.9 Å². The van der Waals surface area contributed by atoms with Crippen molar-refractivity contribution in [2.24, 2.45) is 5.92 Å². The summed E-state index contributed by atoms with van der Waals surface area (Å²) in [5, 5.41) is 8.89. The van der Waals surface area contributed by atoms with E-state index in [2.05, 4.69) is 51.1 Å². The lowest BCUT2D eigenvalue weighted by Gasteiger charge is -2.29. The minimum Gasteiger partial charge on any atom is -0.343 e. The zero-order chi connectivity index (χ0) is 16.2. The molecule has 0 aliphatic carbocycles. The van der Waals surface area contributed by atoms with Crippen LogP contribution in [0.1, 0.15) is 51.2 Å². The van der Waals surface area contributed by atoms with Gasteiger partial charge in [0.1, 0.15) is 0 Å². The number of piperidine rings is 1. The molecule has 1 aliphatic rings. The van der Waals surface area contributed by atoms with E-state index < -0.39 is 0 Å². The molecule has 0 atom stereocenters. The van der Waals surface area contributed by atoms with E-state index in [-0.39, 0.29) is 17.2 Å². The smallest absolute Gasteiger partial charge is 0.222 e. The van der Waals surface area contributed by atoms with Gasteiger partial charge in [-0.15, -0.1) is 0 Å². The van der Waals surface area contributed by atoms with E-state index >= 15 is 0 Å². The maximum atomic E-state index is 12.2. The Labute approximate surface area is 133 Å². The molecule has 0 spiro atoms. The van der Waals surface area contributed by atoms with Crippen LogP contribution in [0.3, 0.4) is 0 Å². The molecule has 0 N–H and O–H groups in total. The monoisotopic (exact) mass is 298 g/mol. The Morgan fingerprint density at radius 2 is 1.82 bits per heavy atom. The number of carbonyl (C=O) groups excluding carboxylic acids is 1. The van der Waals surface area contributed by atoms with E-state index in [1.54, 1.807) is 0 Å². The highest BCUT2D eigenvalue weighted by Gasteiger charge is 2.22. The minimum absolute atomic E-state index is 0.133. The van der Waals surface area contributed by atoms with Crippen LogP contribution in [0.2, 0.25) is 0 Å². The predicted octanol–water partition coefficient (Wildman–Crippen LogP) is 3.68. The Kier molecular flexibility index (Phi) is 5.24. The number of nitrogens with zero attached hydrogens (tertiary/aromatic N) is 2. The molecule has 2 rings (SSSR count). The van der Waals surface area contributed by atoms with Gasteiger partial charge in [0.25, 0.3) is 0 Å². The number of nitriles is 1. The molecule has 1 aromatic rings. The molecule has 0 bridgehead atoms. The quantitative estimate of drug-likeness (QED) is 0.854. The zero-order valence-electron chi connectivity index (χ0n) is 13.9. The number of likely N-dealkylation sites (tertiary alicyclic amines) is 1. The van der Waals surface area contributed by atoms with Crippen LogP contribution in [0.25, 0.3) is 0 Å². The van der Waals surface area contributed by atoms with Crippen molar-refractivity contribution < 1.29 is 4.79 Å². The molecule has 3 nitrogen and oxygen atoms in total. The summed E-state index contributed by atoms with van der Waals surface area (Å²) in [5.41, 5.74) is 2.70. The van der Waals surface area contributed by atoms with Crippen molar-refractivity contribution in [1.82, 2.24) is 4.90 Å². The lowest BCUT2D eigenvalue weighted by molar-refractivity contribution is -0.132. The Bertz CT molecular complexity index is 540. The van der Waals surface area contributed by atoms with Crippen molar-refractivity contribution in [3.05, 3.63) is 35.4 Å². The fourth-order valence-electron chi connectivity index (χ4n) is 2.84. The van der Waals surface area contributed by atoms with Gasteiger partial charge in [-0.2, -0.15) is 5.26 Å². The molecule has 1 fully saturated rings. The van der Waals surface area contributed by atoms with E-state index in [0.717, 1.165) is 32.4 Å². The first kappa shape index (κ1) is 16.5. The molecule has 0 unspecified atom stereocenters. The summed E-state index contributed by atoms with van der Waals surface area (Å²) in [6.07, 6.45) is 3.00. The summed E-state index contributed by atoms with van der Waals surface area (Å²) in [6, 6.07) is 10.9. The van der Waals surface area contributed by atoms with E-state index in [9.17, 15) is 4.79 Å². The van der Waals surface area contributed by atoms with E-state index in [1.165, 1.54) is 11.1 Å². The molecule has 1 aliphatic heterocycles. The van der Waals surface area contributed by atoms with Crippen LogP contribution in [0, 0.1) is 17.2 Å². The number of hydrogen-bond donors (Lipinski definition) is 0. The topological polar surface area (TPSA) is 44.1 Å². The van der Waals surface area contributed by atoms with Crippen LogP contribution in [0.15, 0.2) is 24.3 Å². The van der Waals surface area contributed by atoms with E-state index in [0.29, 0.717) is 6.42 Å². The molecule has 3 heteroatoms. The third-order valence-corrected chi connectivity index (χ3v) is 4.48. The van der Waals surface area contributed by atoms with E-state index in [4.69, 9.17) is 5.26 Å². The van der Waals surface area contributed by atoms with Gasteiger partial charge in [-0.05, 0) is 35.8 Å². The summed E-state index contributed by atoms with van der Waals surface area (Å²) in [7, 11) is 0. The van der Waals surface area contributed by atoms with Gasteiger partial charge in [-0.25, -0.2) is 0 Å². The minimum atomic E-state index is 0.133. The summed E-state index contributed by atoms with van der Waals surface area (Å²) in [6.45, 7) is 8.09. The fraction of sp³-hybridized carbons (Fsp3) is 0.579. The van der Waals surface area contributed by atoms with Crippen LogP contribution in [0.5, 0.6) is 0 Å². The molecule has 118 valence electrons. The Morgan fingerprint density at radius 1 is 1.23 bits per heavy atom. The number of aryl methyl sites for hydroxylation is 1. The Hall–Kier alpha value is -1.82. The summed E-state index contributed by atoms with van der Waals surface area (Å²) >= 11 is 0. The lowest BCUT2D eigenvalue weighted by atomic mass is 9.86. The predicted molar refractivity (Wildman–Crippen MR) is 88.4 cm³/mol. The molecule has 1 aromatic carbocycles. The summed E-state index contributed by atoms with van der Waals surface area (Å²) in [5.74, 6) is 0.352. The van der Waals surface area contributed by atoms with Gasteiger partial charge < -0.3 is 4.90 Å². The first-order valence-corrected chi connectivity index (χ1v) is 8.17. The Morgan fingerprint density at radius 3 is 2.32 bits per heavy atom. The third-order valence-electron chi connectivity index (χ3n) is 4.48. The fourth-order valence-corrected chi connectivity index (χ4v) is 2.84. The van der Waals surface area contributed by atoms with Gasteiger partial charge in [-0.1, -0.05) is 45.0 Å². The van der Waals surface area contributed by atoms with Crippen molar-refractivity contribution in [2.75, 3.05) is 13.1 Å². The largest absolute Gasteiger partial charge is 0.343 e. The molecule has 0 saturated carbocycles. The van der Waals surface area contributed by atoms with E-state index in [1.807, 2.05) is 4.90 Å². The first-order valence-electron chi connectivity index (χ1n) is 8.17. The van der Waals surface area contributed by atoms with Gasteiger partial charge in [0.05, 0.1) is 6.07 Å². The molecule has 1 saturated heterocycles. The highest BCUT2D eigenvalue weighted by Crippen LogP contribution is 2.23. The van der Waals surface area contributed by atoms with Crippen molar-refractivity contribution in [1.29, 1.82) is 5.26 Å². The maximum Gasteiger partial charge on any atom is 0.222 e. The van der Waals surface area contributed by atoms with Crippen molar-refractivity contribution >= 4 is 5.91 Å². The number of amides is 1. The summed E-state index contributed by atoms with van der Waals surface area (Å²) in [4.78, 5) is 14.1. The van der Waals surface area contributed by atoms with Gasteiger partial charge in [-0.3, -0.25) is 4.79 Å². The van der Waals surface area contributed by atoms with Gasteiger partial charge in [0.15, 0.2) is 0 Å². The number of hydrogen-bond acceptors (Lipinski definition) is 2. The second kappa shape index (κ2) is 6.96. The average Bonchev–Trinajstić information content (AvgIpc) is 2.52. The van der Waals surface area contributed by atoms with Crippen LogP contribution in [-0.2, 0) is 16.6 Å². The maximum absolute atomic E-state index is 12.2. The van der Waals surface area contributed by atoms with Crippen LogP contribution < -0.4 is 0 Å². The lowest BCUT2D eigenvalue weighted by Crippen LogP contribution is -2.38. The van der Waals surface area contributed by atoms with Crippen LogP contribution >= 0.6 is 0 Å². The number of carbonyl (C=O) groups is 1. The van der Waals surface area contributed by atoms with Crippen molar-refractivity contribution in [3.8, 4) is 6.07 Å². The summed E-state index contributed by atoms with van der Waals surface area (Å²) < 4.78 is 0.